The molecule has 9 heteroatoms. The van der Waals surface area contributed by atoms with Crippen LogP contribution in [-0.4, -0.2) is 41.0 Å². The number of ether oxygens (including phenoxy) is 2. The molecule has 0 saturated heterocycles. The Labute approximate surface area is 276 Å². The standard InChI is InChI=1S/C36H71O8P/c1-3-5-7-9-10-11-12-13-14-15-16-17-18-19-20-21-22-23-24-25-27-29-31-36(38)44-34(33-43-45(39,40)41)32-42-35(37)30-28-26-8-6-4-2/h34H,3-33H2,1-2H3,(H2,39,40,41). The molecule has 0 heterocycles. The maximum atomic E-state index is 12.3. The van der Waals surface area contributed by atoms with Crippen molar-refractivity contribution in [1.29, 1.82) is 0 Å². The lowest BCUT2D eigenvalue weighted by Gasteiger charge is -2.18. The molecule has 0 fully saturated rings. The first kappa shape index (κ1) is 44.0. The normalized spacial score (nSPS) is 12.4. The molecule has 45 heavy (non-hydrogen) atoms. The third kappa shape index (κ3) is 35.7. The summed E-state index contributed by atoms with van der Waals surface area (Å²) in [5.74, 6) is -0.888. The van der Waals surface area contributed by atoms with Crippen molar-refractivity contribution in [2.24, 2.45) is 0 Å². The molecule has 0 aromatic carbocycles. The van der Waals surface area contributed by atoms with Crippen molar-refractivity contribution in [3.05, 3.63) is 0 Å². The van der Waals surface area contributed by atoms with Crippen LogP contribution in [0.1, 0.15) is 200 Å². The lowest BCUT2D eigenvalue weighted by Crippen LogP contribution is -2.29. The Balaban J connectivity index is 3.71. The van der Waals surface area contributed by atoms with Gasteiger partial charge in [0.15, 0.2) is 6.10 Å². The fourth-order valence-corrected chi connectivity index (χ4v) is 5.91. The summed E-state index contributed by atoms with van der Waals surface area (Å²) in [6, 6.07) is 0. The Bertz CT molecular complexity index is 711. The molecule has 8 nitrogen and oxygen atoms in total. The van der Waals surface area contributed by atoms with Crippen LogP contribution < -0.4 is 0 Å². The molecule has 0 aromatic heterocycles. The second-order valence-corrected chi connectivity index (χ2v) is 14.2. The fraction of sp³-hybridized carbons (Fsp3) is 0.944. The number of esters is 2. The summed E-state index contributed by atoms with van der Waals surface area (Å²) in [4.78, 5) is 42.3. The molecule has 0 aliphatic carbocycles. The summed E-state index contributed by atoms with van der Waals surface area (Å²) < 4.78 is 26.1. The van der Waals surface area contributed by atoms with Crippen LogP contribution in [0.25, 0.3) is 0 Å². The molecule has 0 spiro atoms. The summed E-state index contributed by atoms with van der Waals surface area (Å²) in [5, 5.41) is 0. The van der Waals surface area contributed by atoms with Crippen LogP contribution in [0.5, 0.6) is 0 Å². The summed E-state index contributed by atoms with van der Waals surface area (Å²) in [6.45, 7) is 3.59. The second-order valence-electron chi connectivity index (χ2n) is 12.9. The van der Waals surface area contributed by atoms with Gasteiger partial charge in [-0.05, 0) is 12.8 Å². The van der Waals surface area contributed by atoms with Gasteiger partial charge in [-0.25, -0.2) is 4.57 Å². The largest absolute Gasteiger partial charge is 0.469 e. The molecule has 1 unspecified atom stereocenters. The zero-order valence-electron chi connectivity index (χ0n) is 29.3. The van der Waals surface area contributed by atoms with Crippen LogP contribution in [0, 0.1) is 0 Å². The number of carbonyl (C=O) groups excluding carboxylic acids is 2. The molecule has 1 atom stereocenters. The Kier molecular flexibility index (Phi) is 32.3. The van der Waals surface area contributed by atoms with Gasteiger partial charge in [-0.15, -0.1) is 0 Å². The molecule has 0 amide bonds. The molecular formula is C36H71O8P. The first-order valence-corrected chi connectivity index (χ1v) is 20.4. The summed E-state index contributed by atoms with van der Waals surface area (Å²) >= 11 is 0. The number of hydrogen-bond acceptors (Lipinski definition) is 6. The van der Waals surface area contributed by atoms with E-state index in [1.807, 2.05) is 0 Å². The average molecular weight is 663 g/mol. The van der Waals surface area contributed by atoms with E-state index < -0.39 is 32.5 Å². The van der Waals surface area contributed by atoms with E-state index in [1.54, 1.807) is 0 Å². The van der Waals surface area contributed by atoms with E-state index in [0.717, 1.165) is 44.9 Å². The first-order valence-electron chi connectivity index (χ1n) is 18.8. The summed E-state index contributed by atoms with van der Waals surface area (Å²) in [5.41, 5.74) is 0. The quantitative estimate of drug-likeness (QED) is 0.0391. The van der Waals surface area contributed by atoms with Gasteiger partial charge in [0.1, 0.15) is 6.61 Å². The fourth-order valence-electron chi connectivity index (χ4n) is 5.55. The van der Waals surface area contributed by atoms with Gasteiger partial charge < -0.3 is 19.3 Å². The highest BCUT2D eigenvalue weighted by atomic mass is 31.2. The van der Waals surface area contributed by atoms with Crippen molar-refractivity contribution in [2.75, 3.05) is 13.2 Å². The highest BCUT2D eigenvalue weighted by Gasteiger charge is 2.22. The lowest BCUT2D eigenvalue weighted by molar-refractivity contribution is -0.161. The monoisotopic (exact) mass is 662 g/mol. The van der Waals surface area contributed by atoms with Gasteiger partial charge in [-0.1, -0.05) is 174 Å². The van der Waals surface area contributed by atoms with Crippen LogP contribution in [0.4, 0.5) is 0 Å². The van der Waals surface area contributed by atoms with E-state index in [9.17, 15) is 14.2 Å². The zero-order valence-corrected chi connectivity index (χ0v) is 30.2. The molecule has 0 rings (SSSR count). The molecular weight excluding hydrogens is 591 g/mol. The van der Waals surface area contributed by atoms with Crippen molar-refractivity contribution in [3.63, 3.8) is 0 Å². The van der Waals surface area contributed by atoms with Gasteiger partial charge in [0.25, 0.3) is 0 Å². The minimum atomic E-state index is -4.73. The van der Waals surface area contributed by atoms with Gasteiger partial charge in [-0.3, -0.25) is 14.1 Å². The van der Waals surface area contributed by atoms with E-state index in [1.165, 1.54) is 122 Å². The molecule has 0 aliphatic rings. The Morgan fingerprint density at radius 2 is 0.800 bits per heavy atom. The number of phosphoric ester groups is 1. The van der Waals surface area contributed by atoms with Crippen LogP contribution in [0.2, 0.25) is 0 Å². The average Bonchev–Trinajstić information content (AvgIpc) is 3.00. The summed E-state index contributed by atoms with van der Waals surface area (Å²) in [7, 11) is -4.73. The van der Waals surface area contributed by atoms with Crippen molar-refractivity contribution >= 4 is 19.8 Å². The molecule has 2 N–H and O–H groups in total. The minimum absolute atomic E-state index is 0.219. The maximum absolute atomic E-state index is 12.3. The molecule has 0 bridgehead atoms. The zero-order chi connectivity index (χ0) is 33.3. The lowest BCUT2D eigenvalue weighted by atomic mass is 10.0. The smallest absolute Gasteiger partial charge is 0.462 e. The van der Waals surface area contributed by atoms with Crippen LogP contribution in [-0.2, 0) is 28.2 Å². The van der Waals surface area contributed by atoms with Gasteiger partial charge in [0.2, 0.25) is 0 Å². The van der Waals surface area contributed by atoms with E-state index in [4.69, 9.17) is 19.3 Å². The number of rotatable bonds is 35. The topological polar surface area (TPSA) is 119 Å². The predicted molar refractivity (Wildman–Crippen MR) is 184 cm³/mol. The third-order valence-corrected chi connectivity index (χ3v) is 8.86. The van der Waals surface area contributed by atoms with Gasteiger partial charge >= 0.3 is 19.8 Å². The number of unbranched alkanes of at least 4 members (excludes halogenated alkanes) is 25. The van der Waals surface area contributed by atoms with E-state index in [2.05, 4.69) is 18.4 Å². The molecule has 268 valence electrons. The van der Waals surface area contributed by atoms with Crippen LogP contribution >= 0.6 is 7.82 Å². The Morgan fingerprint density at radius 1 is 0.489 bits per heavy atom. The van der Waals surface area contributed by atoms with E-state index >= 15 is 0 Å². The van der Waals surface area contributed by atoms with Crippen molar-refractivity contribution in [3.8, 4) is 0 Å². The van der Waals surface area contributed by atoms with Crippen molar-refractivity contribution in [2.45, 2.75) is 206 Å². The highest BCUT2D eigenvalue weighted by molar-refractivity contribution is 7.46. The highest BCUT2D eigenvalue weighted by Crippen LogP contribution is 2.36. The minimum Gasteiger partial charge on any atom is -0.462 e. The Hall–Kier alpha value is -0.950. The van der Waals surface area contributed by atoms with Crippen LogP contribution in [0.3, 0.4) is 0 Å². The molecule has 0 aliphatic heterocycles. The van der Waals surface area contributed by atoms with Gasteiger partial charge in [0.05, 0.1) is 6.61 Å². The maximum Gasteiger partial charge on any atom is 0.469 e. The first-order chi connectivity index (χ1) is 21.8. The number of hydrogen-bond donors (Lipinski definition) is 2. The van der Waals surface area contributed by atoms with Gasteiger partial charge in [0, 0.05) is 12.8 Å². The summed E-state index contributed by atoms with van der Waals surface area (Å²) in [6.07, 6.45) is 33.1. The SMILES string of the molecule is CCCCCCCCCCCCCCCCCCCCCCCCC(=O)OC(COC(=O)CCCCCCC)COP(=O)(O)O. The van der Waals surface area contributed by atoms with Crippen molar-refractivity contribution < 1.29 is 37.9 Å². The Morgan fingerprint density at radius 3 is 1.13 bits per heavy atom. The van der Waals surface area contributed by atoms with Crippen LogP contribution in [0.15, 0.2) is 0 Å². The van der Waals surface area contributed by atoms with E-state index in [-0.39, 0.29) is 19.4 Å². The number of carbonyl (C=O) groups is 2. The van der Waals surface area contributed by atoms with Crippen molar-refractivity contribution in [1.82, 2.24) is 0 Å². The molecule has 0 saturated carbocycles. The second kappa shape index (κ2) is 33.0. The molecule has 0 aromatic rings. The number of phosphoric acid groups is 1. The predicted octanol–water partition coefficient (Wildman–Crippen LogP) is 10.9. The third-order valence-electron chi connectivity index (χ3n) is 8.38. The van der Waals surface area contributed by atoms with E-state index in [0.29, 0.717) is 6.42 Å². The molecule has 0 radical (unpaired) electrons. The van der Waals surface area contributed by atoms with Gasteiger partial charge in [-0.2, -0.15) is 0 Å².